The van der Waals surface area contributed by atoms with E-state index in [1.807, 2.05) is 28.7 Å². The Bertz CT molecular complexity index is 1040. The van der Waals surface area contributed by atoms with Crippen LogP contribution in [0, 0.1) is 20.7 Å². The third-order valence-electron chi connectivity index (χ3n) is 3.22. The molecule has 0 atom stereocenters. The second-order valence-electron chi connectivity index (χ2n) is 5.02. The van der Waals surface area contributed by atoms with Crippen molar-refractivity contribution in [1.29, 1.82) is 5.26 Å². The minimum Gasteiger partial charge on any atom is -0.335 e. The number of H-pyrrole nitrogens is 1. The van der Waals surface area contributed by atoms with Gasteiger partial charge < -0.3 is 10.6 Å². The van der Waals surface area contributed by atoms with Crippen molar-refractivity contribution in [2.45, 2.75) is 0 Å². The van der Waals surface area contributed by atoms with Crippen LogP contribution < -0.4 is 16.2 Å². The summed E-state index contributed by atoms with van der Waals surface area (Å²) in [5.41, 5.74) is 0.731. The molecule has 1 heterocycles. The van der Waals surface area contributed by atoms with Gasteiger partial charge >= 0.3 is 5.56 Å². The Morgan fingerprint density at radius 2 is 1.96 bits per heavy atom. The predicted octanol–water partition coefficient (Wildman–Crippen LogP) is 4.03. The second-order valence-corrected chi connectivity index (χ2v) is 7.10. The van der Waals surface area contributed by atoms with Gasteiger partial charge in [-0.15, -0.1) is 5.10 Å². The zero-order chi connectivity index (χ0) is 18.7. The molecule has 0 unspecified atom stereocenters. The highest BCUT2D eigenvalue weighted by Crippen LogP contribution is 2.28. The molecule has 130 valence electrons. The lowest BCUT2D eigenvalue weighted by Crippen LogP contribution is -2.17. The smallest absolute Gasteiger partial charge is 0.307 e. The van der Waals surface area contributed by atoms with Crippen LogP contribution in [-0.2, 0) is 0 Å². The third kappa shape index (κ3) is 4.17. The van der Waals surface area contributed by atoms with Crippen molar-refractivity contribution in [2.75, 3.05) is 10.6 Å². The van der Waals surface area contributed by atoms with Crippen molar-refractivity contribution in [3.63, 3.8) is 0 Å². The van der Waals surface area contributed by atoms with Gasteiger partial charge in [0.05, 0.1) is 17.3 Å². The van der Waals surface area contributed by atoms with Crippen molar-refractivity contribution >= 4 is 61.7 Å². The summed E-state index contributed by atoms with van der Waals surface area (Å²) < 4.78 is 15.4. The molecule has 0 aliphatic heterocycles. The molecule has 0 amide bonds. The SMILES string of the molecule is N#Cc1ccc(Nc2nc(Nc3c(F)cc(Br)cc3I)n[nH]c2=O)cc1. The van der Waals surface area contributed by atoms with Crippen molar-refractivity contribution < 1.29 is 4.39 Å². The summed E-state index contributed by atoms with van der Waals surface area (Å²) in [7, 11) is 0. The molecule has 10 heteroatoms. The molecule has 0 fully saturated rings. The van der Waals surface area contributed by atoms with Crippen LogP contribution in [-0.4, -0.2) is 15.2 Å². The van der Waals surface area contributed by atoms with Crippen LogP contribution in [0.5, 0.6) is 0 Å². The highest BCUT2D eigenvalue weighted by atomic mass is 127. The van der Waals surface area contributed by atoms with Crippen molar-refractivity contribution in [3.05, 3.63) is 66.2 Å². The average Bonchev–Trinajstić information content (AvgIpc) is 2.61. The zero-order valence-corrected chi connectivity index (χ0v) is 16.6. The third-order valence-corrected chi connectivity index (χ3v) is 4.53. The van der Waals surface area contributed by atoms with Crippen LogP contribution in [0.1, 0.15) is 5.56 Å². The largest absolute Gasteiger partial charge is 0.335 e. The Balaban J connectivity index is 1.88. The maximum atomic E-state index is 14.1. The minimum absolute atomic E-state index is 0.0141. The molecular weight excluding hydrogens is 518 g/mol. The molecule has 0 spiro atoms. The quantitative estimate of drug-likeness (QED) is 0.443. The molecular formula is C16H9BrFIN6O. The molecule has 0 saturated heterocycles. The first kappa shape index (κ1) is 18.3. The molecule has 7 nitrogen and oxygen atoms in total. The fraction of sp³-hybridized carbons (Fsp3) is 0. The van der Waals surface area contributed by atoms with E-state index in [1.165, 1.54) is 6.07 Å². The van der Waals surface area contributed by atoms with E-state index in [4.69, 9.17) is 5.26 Å². The minimum atomic E-state index is -0.536. The Labute approximate surface area is 168 Å². The molecule has 0 saturated carbocycles. The number of benzene rings is 2. The number of hydrogen-bond acceptors (Lipinski definition) is 6. The Morgan fingerprint density at radius 1 is 1.23 bits per heavy atom. The standard InChI is InChI=1S/C16H9BrFIN6O/c17-9-5-11(18)13(12(19)6-9)22-16-23-14(15(26)24-25-16)21-10-3-1-8(7-20)2-4-10/h1-6H,(H,24,26)(H2,21,22,23,25). The zero-order valence-electron chi connectivity index (χ0n) is 12.8. The lowest BCUT2D eigenvalue weighted by molar-refractivity contribution is 0.629. The van der Waals surface area contributed by atoms with Crippen LogP contribution in [0.2, 0.25) is 0 Å². The van der Waals surface area contributed by atoms with Gasteiger partial charge in [0.2, 0.25) is 11.8 Å². The lowest BCUT2D eigenvalue weighted by atomic mass is 10.2. The average molecular weight is 527 g/mol. The first-order valence-electron chi connectivity index (χ1n) is 7.12. The van der Waals surface area contributed by atoms with E-state index in [9.17, 15) is 9.18 Å². The van der Waals surface area contributed by atoms with Gasteiger partial charge in [-0.25, -0.2) is 9.49 Å². The highest BCUT2D eigenvalue weighted by molar-refractivity contribution is 14.1. The van der Waals surface area contributed by atoms with Crippen LogP contribution in [0.4, 0.5) is 27.5 Å². The van der Waals surface area contributed by atoms with E-state index in [2.05, 4.69) is 41.7 Å². The second kappa shape index (κ2) is 7.79. The Hall–Kier alpha value is -2.52. The summed E-state index contributed by atoms with van der Waals surface area (Å²) >= 11 is 5.20. The molecule has 0 aliphatic rings. The van der Waals surface area contributed by atoms with Gasteiger partial charge in [0.25, 0.3) is 0 Å². The number of hydrogen-bond donors (Lipinski definition) is 3. The molecule has 2 aromatic carbocycles. The predicted molar refractivity (Wildman–Crippen MR) is 107 cm³/mol. The maximum Gasteiger partial charge on any atom is 0.307 e. The van der Waals surface area contributed by atoms with E-state index in [1.54, 1.807) is 30.3 Å². The summed E-state index contributed by atoms with van der Waals surface area (Å²) in [6, 6.07) is 11.6. The van der Waals surface area contributed by atoms with Gasteiger partial charge in [0.15, 0.2) is 0 Å². The molecule has 3 rings (SSSR count). The van der Waals surface area contributed by atoms with Gasteiger partial charge in [-0.3, -0.25) is 4.79 Å². The normalized spacial score (nSPS) is 10.2. The highest BCUT2D eigenvalue weighted by Gasteiger charge is 2.12. The van der Waals surface area contributed by atoms with Crippen LogP contribution in [0.3, 0.4) is 0 Å². The molecule has 0 aliphatic carbocycles. The first-order chi connectivity index (χ1) is 12.5. The van der Waals surface area contributed by atoms with Gasteiger partial charge in [-0.1, -0.05) is 15.9 Å². The topological polar surface area (TPSA) is 106 Å². The number of aromatic amines is 1. The van der Waals surface area contributed by atoms with E-state index in [0.717, 1.165) is 0 Å². The van der Waals surface area contributed by atoms with Gasteiger partial charge in [-0.2, -0.15) is 10.2 Å². The van der Waals surface area contributed by atoms with E-state index in [-0.39, 0.29) is 17.5 Å². The van der Waals surface area contributed by atoms with Crippen LogP contribution in [0.25, 0.3) is 0 Å². The summed E-state index contributed by atoms with van der Waals surface area (Å²) in [4.78, 5) is 16.0. The van der Waals surface area contributed by atoms with Crippen molar-refractivity contribution in [1.82, 2.24) is 15.2 Å². The van der Waals surface area contributed by atoms with E-state index in [0.29, 0.717) is 19.3 Å². The molecule has 0 radical (unpaired) electrons. The van der Waals surface area contributed by atoms with Crippen LogP contribution in [0.15, 0.2) is 45.7 Å². The van der Waals surface area contributed by atoms with Crippen molar-refractivity contribution in [2.24, 2.45) is 0 Å². The number of nitrogens with one attached hydrogen (secondary N) is 3. The molecule has 1 aromatic heterocycles. The number of aromatic nitrogens is 3. The molecule has 0 bridgehead atoms. The van der Waals surface area contributed by atoms with E-state index < -0.39 is 11.4 Å². The summed E-state index contributed by atoms with van der Waals surface area (Å²) in [5.74, 6) is -0.472. The summed E-state index contributed by atoms with van der Waals surface area (Å²) in [5, 5.41) is 20.5. The first-order valence-corrected chi connectivity index (χ1v) is 8.99. The van der Waals surface area contributed by atoms with Gasteiger partial charge in [-0.05, 0) is 59.0 Å². The van der Waals surface area contributed by atoms with Gasteiger partial charge in [0.1, 0.15) is 5.82 Å². The fourth-order valence-electron chi connectivity index (χ4n) is 2.02. The summed E-state index contributed by atoms with van der Waals surface area (Å²) in [6.07, 6.45) is 0. The molecule has 3 aromatic rings. The van der Waals surface area contributed by atoms with E-state index >= 15 is 0 Å². The van der Waals surface area contributed by atoms with Crippen LogP contribution >= 0.6 is 38.5 Å². The molecule has 3 N–H and O–H groups in total. The maximum absolute atomic E-state index is 14.1. The Morgan fingerprint density at radius 3 is 2.62 bits per heavy atom. The number of halogens is 3. The number of rotatable bonds is 4. The number of nitriles is 1. The van der Waals surface area contributed by atoms with Crippen molar-refractivity contribution in [3.8, 4) is 6.07 Å². The summed E-state index contributed by atoms with van der Waals surface area (Å²) in [6.45, 7) is 0. The number of anilines is 4. The fourth-order valence-corrected chi connectivity index (χ4v) is 3.60. The molecule has 26 heavy (non-hydrogen) atoms. The Kier molecular flexibility index (Phi) is 5.48. The monoisotopic (exact) mass is 526 g/mol. The number of nitrogens with zero attached hydrogens (tertiary/aromatic N) is 3. The van der Waals surface area contributed by atoms with Gasteiger partial charge in [0, 0.05) is 13.7 Å². The lowest BCUT2D eigenvalue weighted by Gasteiger charge is -2.10.